The zero-order valence-corrected chi connectivity index (χ0v) is 13.6. The third kappa shape index (κ3) is 2.69. The Morgan fingerprint density at radius 1 is 1.50 bits per heavy atom. The number of sulfonamides is 1. The first-order valence-corrected chi connectivity index (χ1v) is 9.28. The van der Waals surface area contributed by atoms with Crippen molar-refractivity contribution < 1.29 is 17.6 Å². The largest absolute Gasteiger partial charge is 0.455 e. The van der Waals surface area contributed by atoms with Gasteiger partial charge in [0.1, 0.15) is 10.7 Å². The number of carbonyl (C=O) groups excluding carboxylic acids is 1. The summed E-state index contributed by atoms with van der Waals surface area (Å²) in [5, 5.41) is 7.10. The molecule has 1 saturated heterocycles. The van der Waals surface area contributed by atoms with Gasteiger partial charge in [0.15, 0.2) is 5.76 Å². The topological polar surface area (TPSA) is 93.6 Å². The van der Waals surface area contributed by atoms with E-state index in [2.05, 4.69) is 0 Å². The minimum Gasteiger partial charge on any atom is -0.455 e. The molecule has 2 N–H and O–H groups in total. The van der Waals surface area contributed by atoms with Crippen LogP contribution in [0.3, 0.4) is 0 Å². The van der Waals surface area contributed by atoms with Crippen molar-refractivity contribution in [2.75, 3.05) is 6.54 Å². The number of nitrogens with two attached hydrogens (primary N) is 1. The highest BCUT2D eigenvalue weighted by atomic mass is 32.2. The third-order valence-electron chi connectivity index (χ3n) is 3.77. The van der Waals surface area contributed by atoms with E-state index in [0.29, 0.717) is 6.54 Å². The molecule has 0 radical (unpaired) electrons. The van der Waals surface area contributed by atoms with Gasteiger partial charge < -0.3 is 9.32 Å². The van der Waals surface area contributed by atoms with Crippen LogP contribution in [-0.2, 0) is 10.0 Å². The Kier molecular flexibility index (Phi) is 3.84. The first-order valence-electron chi connectivity index (χ1n) is 6.85. The van der Waals surface area contributed by atoms with Crippen LogP contribution < -0.4 is 5.14 Å². The van der Waals surface area contributed by atoms with E-state index < -0.39 is 10.0 Å². The van der Waals surface area contributed by atoms with Crippen LogP contribution in [-0.4, -0.2) is 25.8 Å². The summed E-state index contributed by atoms with van der Waals surface area (Å²) in [5.74, 6) is -0.142. The lowest BCUT2D eigenvalue weighted by atomic mass is 10.2. The highest BCUT2D eigenvalue weighted by molar-refractivity contribution is 7.89. The van der Waals surface area contributed by atoms with Gasteiger partial charge in [-0.1, -0.05) is 6.07 Å². The summed E-state index contributed by atoms with van der Waals surface area (Å²) in [6.45, 7) is 2.11. The summed E-state index contributed by atoms with van der Waals surface area (Å²) in [5.41, 5.74) is 0. The predicted molar refractivity (Wildman–Crippen MR) is 82.1 cm³/mol. The summed E-state index contributed by atoms with van der Waals surface area (Å²) in [6, 6.07) is 5.20. The summed E-state index contributed by atoms with van der Waals surface area (Å²) in [7, 11) is -3.89. The van der Waals surface area contributed by atoms with Crippen molar-refractivity contribution in [3.8, 4) is 0 Å². The number of likely N-dealkylation sites (tertiary alicyclic amines) is 1. The maximum absolute atomic E-state index is 12.6. The molecule has 0 aliphatic carbocycles. The molecule has 1 aliphatic rings. The number of furan rings is 1. The molecule has 0 bridgehead atoms. The molecule has 0 spiro atoms. The van der Waals surface area contributed by atoms with E-state index in [4.69, 9.17) is 9.56 Å². The average Bonchev–Trinajstić information content (AvgIpc) is 3.16. The van der Waals surface area contributed by atoms with Crippen LogP contribution in [0.15, 0.2) is 32.9 Å². The molecule has 2 aromatic rings. The lowest BCUT2D eigenvalue weighted by molar-refractivity contribution is 0.0704. The molecular weight excluding hydrogens is 324 g/mol. The maximum Gasteiger partial charge on any atom is 0.290 e. The van der Waals surface area contributed by atoms with Crippen molar-refractivity contribution >= 4 is 27.3 Å². The van der Waals surface area contributed by atoms with Crippen LogP contribution in [0.2, 0.25) is 0 Å². The first-order chi connectivity index (χ1) is 10.4. The molecule has 2 aromatic heterocycles. The summed E-state index contributed by atoms with van der Waals surface area (Å²) < 4.78 is 28.2. The van der Waals surface area contributed by atoms with Crippen molar-refractivity contribution in [1.29, 1.82) is 0 Å². The van der Waals surface area contributed by atoms with E-state index in [1.807, 2.05) is 17.5 Å². The van der Waals surface area contributed by atoms with E-state index in [-0.39, 0.29) is 28.4 Å². The number of hydrogen-bond acceptors (Lipinski definition) is 5. The van der Waals surface area contributed by atoms with Gasteiger partial charge in [-0.25, -0.2) is 13.6 Å². The van der Waals surface area contributed by atoms with Gasteiger partial charge >= 0.3 is 0 Å². The number of nitrogens with zero attached hydrogens (tertiary/aromatic N) is 1. The molecule has 1 amide bonds. The second-order valence-corrected chi connectivity index (χ2v) is 7.76. The second kappa shape index (κ2) is 5.53. The normalized spacial score (nSPS) is 18.8. The lowest BCUT2D eigenvalue weighted by Crippen LogP contribution is -2.29. The van der Waals surface area contributed by atoms with E-state index in [9.17, 15) is 13.2 Å². The fraction of sp³-hybridized carbons (Fsp3) is 0.357. The first kappa shape index (κ1) is 15.3. The standard InChI is InChI=1S/C14H16N2O4S2/c1-9-13(22(15,18)19)8-11(20-9)14(17)16-6-2-4-10(16)12-5-3-7-21-12/h3,5,7-8,10H,2,4,6H2,1H3,(H2,15,18,19). The molecule has 6 nitrogen and oxygen atoms in total. The van der Waals surface area contributed by atoms with Gasteiger partial charge in [0.05, 0.1) is 6.04 Å². The Morgan fingerprint density at radius 3 is 2.86 bits per heavy atom. The van der Waals surface area contributed by atoms with Crippen molar-refractivity contribution in [2.24, 2.45) is 5.14 Å². The smallest absolute Gasteiger partial charge is 0.290 e. The van der Waals surface area contributed by atoms with Gasteiger partial charge in [-0.3, -0.25) is 4.79 Å². The molecule has 8 heteroatoms. The number of thiophene rings is 1. The number of primary sulfonamides is 1. The Morgan fingerprint density at radius 2 is 2.27 bits per heavy atom. The van der Waals surface area contributed by atoms with E-state index in [0.717, 1.165) is 17.7 Å². The van der Waals surface area contributed by atoms with Crippen molar-refractivity contribution in [3.05, 3.63) is 40.0 Å². The second-order valence-electron chi connectivity index (χ2n) is 5.25. The van der Waals surface area contributed by atoms with Gasteiger partial charge in [0, 0.05) is 17.5 Å². The predicted octanol–water partition coefficient (Wildman–Crippen LogP) is 2.27. The van der Waals surface area contributed by atoms with Crippen molar-refractivity contribution in [3.63, 3.8) is 0 Å². The molecule has 22 heavy (non-hydrogen) atoms. The Labute approximate surface area is 132 Å². The quantitative estimate of drug-likeness (QED) is 0.927. The summed E-state index contributed by atoms with van der Waals surface area (Å²) in [4.78, 5) is 15.4. The highest BCUT2D eigenvalue weighted by Crippen LogP contribution is 2.36. The molecule has 0 aromatic carbocycles. The minimum atomic E-state index is -3.89. The van der Waals surface area contributed by atoms with Gasteiger partial charge in [0.25, 0.3) is 5.91 Å². The van der Waals surface area contributed by atoms with Crippen LogP contribution in [0.1, 0.15) is 40.1 Å². The van der Waals surface area contributed by atoms with Crippen molar-refractivity contribution in [1.82, 2.24) is 4.90 Å². The van der Waals surface area contributed by atoms with Gasteiger partial charge in [-0.05, 0) is 31.2 Å². The monoisotopic (exact) mass is 340 g/mol. The van der Waals surface area contributed by atoms with E-state index in [1.54, 1.807) is 16.2 Å². The Bertz CT molecular complexity index is 793. The van der Waals surface area contributed by atoms with E-state index >= 15 is 0 Å². The van der Waals surface area contributed by atoms with Gasteiger partial charge in [-0.2, -0.15) is 0 Å². The SMILES string of the molecule is Cc1oc(C(=O)N2CCCC2c2cccs2)cc1S(N)(=O)=O. The molecule has 1 aliphatic heterocycles. The van der Waals surface area contributed by atoms with Crippen LogP contribution in [0.4, 0.5) is 0 Å². The highest BCUT2D eigenvalue weighted by Gasteiger charge is 2.33. The molecule has 1 fully saturated rings. The third-order valence-corrected chi connectivity index (χ3v) is 5.77. The fourth-order valence-electron chi connectivity index (χ4n) is 2.78. The van der Waals surface area contributed by atoms with Crippen LogP contribution >= 0.6 is 11.3 Å². The zero-order valence-electron chi connectivity index (χ0n) is 12.0. The number of hydrogen-bond donors (Lipinski definition) is 1. The molecule has 0 saturated carbocycles. The Hall–Kier alpha value is -1.64. The van der Waals surface area contributed by atoms with Gasteiger partial charge in [0.2, 0.25) is 10.0 Å². The fourth-order valence-corrected chi connectivity index (χ4v) is 4.37. The molecular formula is C14H16N2O4S2. The number of rotatable bonds is 3. The molecule has 1 atom stereocenters. The molecule has 1 unspecified atom stereocenters. The Balaban J connectivity index is 1.91. The van der Waals surface area contributed by atoms with Crippen LogP contribution in [0.5, 0.6) is 0 Å². The maximum atomic E-state index is 12.6. The van der Waals surface area contributed by atoms with Crippen LogP contribution in [0, 0.1) is 6.92 Å². The summed E-state index contributed by atoms with van der Waals surface area (Å²) in [6.07, 6.45) is 1.81. The average molecular weight is 340 g/mol. The van der Waals surface area contributed by atoms with E-state index in [1.165, 1.54) is 13.0 Å². The van der Waals surface area contributed by atoms with Crippen LogP contribution in [0.25, 0.3) is 0 Å². The number of carbonyl (C=O) groups is 1. The van der Waals surface area contributed by atoms with Gasteiger partial charge in [-0.15, -0.1) is 11.3 Å². The molecule has 3 heterocycles. The lowest BCUT2D eigenvalue weighted by Gasteiger charge is -2.22. The zero-order chi connectivity index (χ0) is 15.9. The van der Waals surface area contributed by atoms with Crippen molar-refractivity contribution in [2.45, 2.75) is 30.7 Å². The molecule has 118 valence electrons. The number of aryl methyl sites for hydroxylation is 1. The summed E-state index contributed by atoms with van der Waals surface area (Å²) >= 11 is 1.61. The number of amides is 1. The molecule has 3 rings (SSSR count). The minimum absolute atomic E-state index is 0.0185.